The SMILES string of the molecule is C=CO[PH](=O)OC=Cn1ccnc1. The van der Waals surface area contributed by atoms with Crippen molar-refractivity contribution in [2.75, 3.05) is 0 Å². The normalized spacial score (nSPS) is 12.6. The lowest BCUT2D eigenvalue weighted by molar-refractivity contribution is 0.357. The molecule has 0 radical (unpaired) electrons. The minimum absolute atomic E-state index is 1.08. The minimum atomic E-state index is -2.48. The van der Waals surface area contributed by atoms with Crippen molar-refractivity contribution < 1.29 is 13.6 Å². The number of imidazole rings is 1. The first-order chi connectivity index (χ1) is 6.33. The molecule has 0 aliphatic heterocycles. The molecule has 1 unspecified atom stereocenters. The molecule has 0 fully saturated rings. The highest BCUT2D eigenvalue weighted by Gasteiger charge is 1.90. The van der Waals surface area contributed by atoms with E-state index in [-0.39, 0.29) is 0 Å². The van der Waals surface area contributed by atoms with Gasteiger partial charge < -0.3 is 13.6 Å². The first kappa shape index (κ1) is 9.61. The number of hydrogen-bond acceptors (Lipinski definition) is 4. The Balaban J connectivity index is 2.34. The van der Waals surface area contributed by atoms with Crippen molar-refractivity contribution in [2.24, 2.45) is 0 Å². The third kappa shape index (κ3) is 3.62. The number of aromatic nitrogens is 2. The highest BCUT2D eigenvalue weighted by molar-refractivity contribution is 7.33. The van der Waals surface area contributed by atoms with Crippen LogP contribution in [0.3, 0.4) is 0 Å². The molecule has 70 valence electrons. The Morgan fingerprint density at radius 1 is 1.54 bits per heavy atom. The molecule has 0 bridgehead atoms. The van der Waals surface area contributed by atoms with E-state index >= 15 is 0 Å². The molecule has 1 aromatic rings. The summed E-state index contributed by atoms with van der Waals surface area (Å²) in [5, 5.41) is 0. The second-order valence-corrected chi connectivity index (χ2v) is 2.92. The van der Waals surface area contributed by atoms with Crippen LogP contribution in [0.1, 0.15) is 0 Å². The van der Waals surface area contributed by atoms with Gasteiger partial charge in [-0.3, -0.25) is 0 Å². The fourth-order valence-electron chi connectivity index (χ4n) is 0.610. The van der Waals surface area contributed by atoms with Crippen LogP contribution in [-0.2, 0) is 13.6 Å². The van der Waals surface area contributed by atoms with Crippen LogP contribution in [0.2, 0.25) is 0 Å². The molecular formula is C7H9N2O3P. The van der Waals surface area contributed by atoms with Gasteiger partial charge in [0.2, 0.25) is 0 Å². The van der Waals surface area contributed by atoms with Gasteiger partial charge in [0.15, 0.2) is 0 Å². The van der Waals surface area contributed by atoms with Gasteiger partial charge in [-0.25, -0.2) is 9.55 Å². The molecule has 6 heteroatoms. The zero-order valence-corrected chi connectivity index (χ0v) is 7.79. The molecule has 1 heterocycles. The van der Waals surface area contributed by atoms with Crippen molar-refractivity contribution in [1.82, 2.24) is 9.55 Å². The van der Waals surface area contributed by atoms with Gasteiger partial charge in [-0.2, -0.15) is 0 Å². The fraction of sp³-hybridized carbons (Fsp3) is 0. The smallest absolute Gasteiger partial charge is 0.417 e. The van der Waals surface area contributed by atoms with E-state index in [9.17, 15) is 4.57 Å². The zero-order chi connectivity index (χ0) is 9.52. The lowest BCUT2D eigenvalue weighted by atomic mass is 10.8. The quantitative estimate of drug-likeness (QED) is 0.537. The molecule has 1 aromatic heterocycles. The van der Waals surface area contributed by atoms with Gasteiger partial charge in [0.25, 0.3) is 0 Å². The van der Waals surface area contributed by atoms with Gasteiger partial charge in [0.05, 0.1) is 12.6 Å². The predicted octanol–water partition coefficient (Wildman–Crippen LogP) is 1.88. The van der Waals surface area contributed by atoms with Crippen LogP contribution in [0.15, 0.2) is 37.8 Å². The van der Waals surface area contributed by atoms with Crippen LogP contribution >= 0.6 is 8.25 Å². The van der Waals surface area contributed by atoms with Crippen LogP contribution in [0.5, 0.6) is 0 Å². The van der Waals surface area contributed by atoms with Crippen LogP contribution in [-0.4, -0.2) is 9.55 Å². The maximum atomic E-state index is 10.8. The summed E-state index contributed by atoms with van der Waals surface area (Å²) < 4.78 is 21.6. The molecule has 0 amide bonds. The minimum Gasteiger partial charge on any atom is -0.427 e. The molecule has 1 atom stereocenters. The van der Waals surface area contributed by atoms with Gasteiger partial charge in [-0.1, -0.05) is 6.58 Å². The summed E-state index contributed by atoms with van der Waals surface area (Å²) in [5.41, 5.74) is 0. The highest BCUT2D eigenvalue weighted by atomic mass is 31.1. The lowest BCUT2D eigenvalue weighted by Gasteiger charge is -1.98. The maximum absolute atomic E-state index is 10.8. The van der Waals surface area contributed by atoms with Crippen molar-refractivity contribution in [3.8, 4) is 0 Å². The van der Waals surface area contributed by atoms with Crippen LogP contribution < -0.4 is 0 Å². The van der Waals surface area contributed by atoms with Crippen molar-refractivity contribution in [3.63, 3.8) is 0 Å². The van der Waals surface area contributed by atoms with Gasteiger partial charge in [0, 0.05) is 18.6 Å². The summed E-state index contributed by atoms with van der Waals surface area (Å²) in [6.07, 6.45) is 8.81. The Morgan fingerprint density at radius 3 is 3.00 bits per heavy atom. The summed E-state index contributed by atoms with van der Waals surface area (Å²) in [6.45, 7) is 3.24. The van der Waals surface area contributed by atoms with E-state index in [1.807, 2.05) is 0 Å². The Morgan fingerprint density at radius 2 is 2.38 bits per heavy atom. The summed E-state index contributed by atoms with van der Waals surface area (Å²) in [5.74, 6) is 0. The van der Waals surface area contributed by atoms with Crippen LogP contribution in [0.4, 0.5) is 0 Å². The summed E-state index contributed by atoms with van der Waals surface area (Å²) in [4.78, 5) is 3.80. The third-order valence-electron chi connectivity index (χ3n) is 1.10. The second-order valence-electron chi connectivity index (χ2n) is 1.95. The second kappa shape index (κ2) is 5.22. The van der Waals surface area contributed by atoms with Crippen molar-refractivity contribution in [1.29, 1.82) is 0 Å². The summed E-state index contributed by atoms with van der Waals surface area (Å²) >= 11 is 0. The molecule has 13 heavy (non-hydrogen) atoms. The van der Waals surface area contributed by atoms with Gasteiger partial charge in [0.1, 0.15) is 6.26 Å². The Hall–Kier alpha value is -1.48. The van der Waals surface area contributed by atoms with E-state index in [2.05, 4.69) is 20.6 Å². The van der Waals surface area contributed by atoms with E-state index in [0.717, 1.165) is 6.26 Å². The molecule has 1 rings (SSSR count). The topological polar surface area (TPSA) is 53.4 Å². The Kier molecular flexibility index (Phi) is 3.85. The van der Waals surface area contributed by atoms with E-state index in [4.69, 9.17) is 0 Å². The number of hydrogen-bond donors (Lipinski definition) is 0. The first-order valence-corrected chi connectivity index (χ1v) is 4.67. The first-order valence-electron chi connectivity index (χ1n) is 3.45. The molecule has 0 saturated carbocycles. The fourth-order valence-corrected chi connectivity index (χ4v) is 0.973. The zero-order valence-electron chi connectivity index (χ0n) is 6.79. The molecule has 0 aliphatic carbocycles. The molecule has 0 aromatic carbocycles. The molecular weight excluding hydrogens is 191 g/mol. The van der Waals surface area contributed by atoms with Gasteiger partial charge in [-0.05, 0) is 0 Å². The van der Waals surface area contributed by atoms with Crippen molar-refractivity contribution in [2.45, 2.75) is 0 Å². The third-order valence-corrected chi connectivity index (χ3v) is 1.79. The molecule has 0 saturated heterocycles. The average molecular weight is 200 g/mol. The predicted molar refractivity (Wildman–Crippen MR) is 48.9 cm³/mol. The summed E-state index contributed by atoms with van der Waals surface area (Å²) in [7, 11) is -2.48. The molecule has 5 nitrogen and oxygen atoms in total. The van der Waals surface area contributed by atoms with E-state index in [0.29, 0.717) is 0 Å². The Labute approximate surface area is 76.3 Å². The lowest BCUT2D eigenvalue weighted by Crippen LogP contribution is -1.78. The van der Waals surface area contributed by atoms with E-state index < -0.39 is 8.25 Å². The summed E-state index contributed by atoms with van der Waals surface area (Å²) in [6, 6.07) is 0. The average Bonchev–Trinajstić information content (AvgIpc) is 2.57. The van der Waals surface area contributed by atoms with E-state index in [1.54, 1.807) is 29.5 Å². The van der Waals surface area contributed by atoms with Crippen molar-refractivity contribution >= 4 is 14.5 Å². The van der Waals surface area contributed by atoms with Gasteiger partial charge in [-0.15, -0.1) is 0 Å². The number of nitrogens with zero attached hydrogens (tertiary/aromatic N) is 2. The van der Waals surface area contributed by atoms with Crippen LogP contribution in [0, 0.1) is 0 Å². The molecule has 0 spiro atoms. The van der Waals surface area contributed by atoms with Crippen LogP contribution in [0.25, 0.3) is 6.20 Å². The maximum Gasteiger partial charge on any atom is 0.417 e. The number of rotatable bonds is 5. The van der Waals surface area contributed by atoms with Gasteiger partial charge >= 0.3 is 8.25 Å². The largest absolute Gasteiger partial charge is 0.427 e. The van der Waals surface area contributed by atoms with Crippen molar-refractivity contribution in [3.05, 3.63) is 37.8 Å². The molecule has 0 N–H and O–H groups in total. The van der Waals surface area contributed by atoms with E-state index in [1.165, 1.54) is 6.26 Å². The standard InChI is InChI=1S/C7H9N2O3P/c1-2-11-13(10)12-6-5-9-4-3-8-7-9/h2-7,13H,1H2. The molecule has 0 aliphatic rings. The Bertz CT molecular complexity index is 308. The monoisotopic (exact) mass is 200 g/mol. The highest BCUT2D eigenvalue weighted by Crippen LogP contribution is 2.23.